The lowest BCUT2D eigenvalue weighted by atomic mass is 10.1. The smallest absolute Gasteiger partial charge is 0.350 e. The first kappa shape index (κ1) is 23.3. The zero-order valence-corrected chi connectivity index (χ0v) is 19.3. The van der Waals surface area contributed by atoms with Gasteiger partial charge in [0.15, 0.2) is 5.82 Å². The van der Waals surface area contributed by atoms with Crippen molar-refractivity contribution < 1.29 is 9.18 Å². The van der Waals surface area contributed by atoms with Gasteiger partial charge in [-0.05, 0) is 31.9 Å². The van der Waals surface area contributed by atoms with Crippen molar-refractivity contribution in [1.82, 2.24) is 29.4 Å². The molecular formula is C23H26FN7O3. The molecule has 0 saturated carbocycles. The van der Waals surface area contributed by atoms with Gasteiger partial charge < -0.3 is 14.8 Å². The number of nitrogens with one attached hydrogen (secondary N) is 1. The summed E-state index contributed by atoms with van der Waals surface area (Å²) in [4.78, 5) is 56.7. The van der Waals surface area contributed by atoms with E-state index in [4.69, 9.17) is 0 Å². The normalized spacial score (nSPS) is 16.2. The monoisotopic (exact) mass is 467 g/mol. The molecule has 1 fully saturated rings. The number of carbonyl (C=O) groups excluding carboxylic acids is 1. The van der Waals surface area contributed by atoms with Gasteiger partial charge in [-0.1, -0.05) is 20.4 Å². The van der Waals surface area contributed by atoms with Crippen LogP contribution in [0.1, 0.15) is 32.2 Å². The summed E-state index contributed by atoms with van der Waals surface area (Å²) < 4.78 is 15.7. The minimum atomic E-state index is -0.982. The molecule has 1 N–H and O–H groups in total. The summed E-state index contributed by atoms with van der Waals surface area (Å²) in [6, 6.07) is 0.887. The third-order valence-electron chi connectivity index (χ3n) is 6.09. The van der Waals surface area contributed by atoms with Gasteiger partial charge in [0.1, 0.15) is 17.8 Å². The largest absolute Gasteiger partial charge is 0.355 e. The molecule has 1 aliphatic rings. The molecule has 0 aliphatic carbocycles. The first-order valence-corrected chi connectivity index (χ1v) is 11.2. The molecule has 0 bridgehead atoms. The van der Waals surface area contributed by atoms with Crippen molar-refractivity contribution in [2.75, 3.05) is 24.5 Å². The lowest BCUT2D eigenvalue weighted by molar-refractivity contribution is -0.126. The molecule has 1 saturated heterocycles. The molecule has 0 radical (unpaired) electrons. The van der Waals surface area contributed by atoms with Crippen LogP contribution in [0.5, 0.6) is 0 Å². The number of hydrogen-bond donors (Lipinski definition) is 1. The molecule has 11 heteroatoms. The van der Waals surface area contributed by atoms with E-state index in [1.807, 2.05) is 25.7 Å². The number of aryl methyl sites for hydroxylation is 2. The van der Waals surface area contributed by atoms with Gasteiger partial charge in [0.25, 0.3) is 5.56 Å². The fourth-order valence-electron chi connectivity index (χ4n) is 4.40. The fourth-order valence-corrected chi connectivity index (χ4v) is 4.40. The average Bonchev–Trinajstić information content (AvgIpc) is 2.84. The van der Waals surface area contributed by atoms with Gasteiger partial charge in [0, 0.05) is 25.7 Å². The maximum absolute atomic E-state index is 14.5. The number of anilines is 1. The average molecular weight is 468 g/mol. The molecule has 4 rings (SSSR count). The number of pyridine rings is 1. The molecule has 0 aromatic carbocycles. The number of fused-ring (bicyclic) bond motifs is 1. The van der Waals surface area contributed by atoms with E-state index in [9.17, 15) is 18.8 Å². The second-order valence-electron chi connectivity index (χ2n) is 8.12. The van der Waals surface area contributed by atoms with Crippen molar-refractivity contribution in [1.29, 1.82) is 0 Å². The summed E-state index contributed by atoms with van der Waals surface area (Å²) in [7, 11) is 0. The number of aromatic nitrogens is 5. The maximum Gasteiger partial charge on any atom is 0.355 e. The second kappa shape index (κ2) is 9.16. The fraction of sp³-hybridized carbons (Fsp3) is 0.391. The van der Waals surface area contributed by atoms with E-state index in [1.165, 1.54) is 17.0 Å². The molecule has 4 heterocycles. The number of amides is 1. The molecule has 1 amide bonds. The Balaban J connectivity index is 1.97. The van der Waals surface area contributed by atoms with Crippen LogP contribution in [0.4, 0.5) is 10.2 Å². The standard InChI is InChI=1S/C23H26FN7O3/c1-5-16-19(17(6-2)26-12-25-16)31-21-14(10-15(24)22(33)27-21)20(28-23(31)34)30-9-8-29(11-13(30)4)18(32)7-3/h7,10,12-13H,3,5-6,8-9,11H2,1-2,4H3,(H,27,33)/t13-/m0/s1. The van der Waals surface area contributed by atoms with Crippen molar-refractivity contribution in [3.63, 3.8) is 0 Å². The molecule has 1 aliphatic heterocycles. The Bertz CT molecular complexity index is 1380. The van der Waals surface area contributed by atoms with E-state index in [0.29, 0.717) is 49.6 Å². The Morgan fingerprint density at radius 1 is 1.24 bits per heavy atom. The Hall–Kier alpha value is -3.89. The van der Waals surface area contributed by atoms with Crippen LogP contribution in [0.3, 0.4) is 0 Å². The highest BCUT2D eigenvalue weighted by Gasteiger charge is 2.30. The Morgan fingerprint density at radius 2 is 1.91 bits per heavy atom. The molecule has 178 valence electrons. The summed E-state index contributed by atoms with van der Waals surface area (Å²) in [5.74, 6) is -0.916. The molecular weight excluding hydrogens is 441 g/mol. The summed E-state index contributed by atoms with van der Waals surface area (Å²) in [6.45, 7) is 10.4. The van der Waals surface area contributed by atoms with Crippen LogP contribution in [0.15, 0.2) is 34.6 Å². The van der Waals surface area contributed by atoms with Gasteiger partial charge >= 0.3 is 5.69 Å². The van der Waals surface area contributed by atoms with Crippen molar-refractivity contribution in [2.45, 2.75) is 39.7 Å². The van der Waals surface area contributed by atoms with Gasteiger partial charge in [0.05, 0.1) is 22.5 Å². The lowest BCUT2D eigenvalue weighted by Gasteiger charge is -2.40. The number of nitrogens with zero attached hydrogens (tertiary/aromatic N) is 6. The van der Waals surface area contributed by atoms with E-state index in [2.05, 4.69) is 26.5 Å². The van der Waals surface area contributed by atoms with Gasteiger partial charge in [-0.2, -0.15) is 4.98 Å². The van der Waals surface area contributed by atoms with Crippen molar-refractivity contribution in [2.24, 2.45) is 0 Å². The summed E-state index contributed by atoms with van der Waals surface area (Å²) in [6.07, 6.45) is 3.73. The van der Waals surface area contributed by atoms with E-state index in [0.717, 1.165) is 6.07 Å². The topological polar surface area (TPSA) is 117 Å². The predicted octanol–water partition coefficient (Wildman–Crippen LogP) is 1.35. The number of piperazine rings is 1. The Labute approximate surface area is 194 Å². The molecule has 3 aromatic rings. The lowest BCUT2D eigenvalue weighted by Crippen LogP contribution is -2.54. The quantitative estimate of drug-likeness (QED) is 0.563. The van der Waals surface area contributed by atoms with Gasteiger partial charge in [-0.25, -0.2) is 23.7 Å². The zero-order valence-electron chi connectivity index (χ0n) is 19.3. The van der Waals surface area contributed by atoms with Gasteiger partial charge in [-0.3, -0.25) is 9.59 Å². The zero-order chi connectivity index (χ0) is 24.6. The SMILES string of the molecule is C=CC(=O)N1CCN(c2nc(=O)n(-c3c(CC)ncnc3CC)c3[nH]c(=O)c(F)cc23)[C@@H](C)C1. The molecule has 0 spiro atoms. The number of aromatic amines is 1. The third kappa shape index (κ3) is 3.87. The van der Waals surface area contributed by atoms with E-state index >= 15 is 0 Å². The summed E-state index contributed by atoms with van der Waals surface area (Å²) >= 11 is 0. The second-order valence-corrected chi connectivity index (χ2v) is 8.12. The summed E-state index contributed by atoms with van der Waals surface area (Å²) in [5.41, 5.74) is 0.205. The first-order chi connectivity index (χ1) is 16.3. The van der Waals surface area contributed by atoms with Crippen LogP contribution < -0.4 is 16.1 Å². The molecule has 3 aromatic heterocycles. The number of carbonyl (C=O) groups is 1. The first-order valence-electron chi connectivity index (χ1n) is 11.2. The van der Waals surface area contributed by atoms with Crippen molar-refractivity contribution in [3.8, 4) is 5.69 Å². The molecule has 34 heavy (non-hydrogen) atoms. The molecule has 1 atom stereocenters. The van der Waals surface area contributed by atoms with Crippen molar-refractivity contribution >= 4 is 22.8 Å². The molecule has 0 unspecified atom stereocenters. The minimum Gasteiger partial charge on any atom is -0.350 e. The van der Waals surface area contributed by atoms with Crippen LogP contribution >= 0.6 is 0 Å². The maximum atomic E-state index is 14.5. The van der Waals surface area contributed by atoms with Crippen LogP contribution in [0.25, 0.3) is 16.7 Å². The van der Waals surface area contributed by atoms with Crippen LogP contribution in [0, 0.1) is 5.82 Å². The van der Waals surface area contributed by atoms with E-state index in [1.54, 1.807) is 4.90 Å². The Morgan fingerprint density at radius 3 is 2.50 bits per heavy atom. The van der Waals surface area contributed by atoms with Crippen LogP contribution in [-0.2, 0) is 17.6 Å². The molecule has 10 nitrogen and oxygen atoms in total. The number of H-pyrrole nitrogens is 1. The number of halogens is 1. The predicted molar refractivity (Wildman–Crippen MR) is 126 cm³/mol. The van der Waals surface area contributed by atoms with E-state index in [-0.39, 0.29) is 28.8 Å². The highest BCUT2D eigenvalue weighted by molar-refractivity contribution is 5.89. The summed E-state index contributed by atoms with van der Waals surface area (Å²) in [5, 5.41) is 0.278. The van der Waals surface area contributed by atoms with Crippen molar-refractivity contribution in [3.05, 3.63) is 63.1 Å². The number of hydrogen-bond acceptors (Lipinski definition) is 7. The van der Waals surface area contributed by atoms with Crippen LogP contribution in [0.2, 0.25) is 0 Å². The number of rotatable bonds is 5. The highest BCUT2D eigenvalue weighted by atomic mass is 19.1. The Kier molecular flexibility index (Phi) is 6.27. The highest BCUT2D eigenvalue weighted by Crippen LogP contribution is 2.28. The minimum absolute atomic E-state index is 0.123. The van der Waals surface area contributed by atoms with Gasteiger partial charge in [0.2, 0.25) is 5.91 Å². The van der Waals surface area contributed by atoms with Crippen LogP contribution in [-0.4, -0.2) is 61.0 Å². The van der Waals surface area contributed by atoms with E-state index < -0.39 is 17.1 Å². The van der Waals surface area contributed by atoms with Gasteiger partial charge in [-0.15, -0.1) is 0 Å². The third-order valence-corrected chi connectivity index (χ3v) is 6.09.